The Balaban J connectivity index is 1.67. The fourth-order valence-corrected chi connectivity index (χ4v) is 4.87. The smallest absolute Gasteiger partial charge is 0.251 e. The maximum atomic E-state index is 12.6. The second-order valence-electron chi connectivity index (χ2n) is 7.54. The van der Waals surface area contributed by atoms with Crippen molar-refractivity contribution in [3.05, 3.63) is 29.8 Å². The summed E-state index contributed by atoms with van der Waals surface area (Å²) in [6.45, 7) is 4.24. The Hall–Kier alpha value is -1.44. The van der Waals surface area contributed by atoms with Gasteiger partial charge >= 0.3 is 0 Å². The Labute approximate surface area is 155 Å². The molecule has 1 saturated carbocycles. The number of ether oxygens (including phenoxy) is 1. The minimum atomic E-state index is -3.25. The van der Waals surface area contributed by atoms with Gasteiger partial charge in [0.1, 0.15) is 18.6 Å². The number of carbonyl (C=O) groups excluding carboxylic acids is 1. The normalized spacial score (nSPS) is 21.3. The zero-order valence-electron chi connectivity index (χ0n) is 15.4. The Morgan fingerprint density at radius 2 is 1.73 bits per heavy atom. The summed E-state index contributed by atoms with van der Waals surface area (Å²) in [5.41, 5.74) is 0.602. The molecule has 26 heavy (non-hydrogen) atoms. The quantitative estimate of drug-likeness (QED) is 0.776. The second-order valence-corrected chi connectivity index (χ2v) is 9.55. The number of hydrogen-bond acceptors (Lipinski definition) is 4. The van der Waals surface area contributed by atoms with Crippen molar-refractivity contribution in [1.82, 2.24) is 5.32 Å². The van der Waals surface area contributed by atoms with Gasteiger partial charge in [0.05, 0.1) is 24.7 Å². The lowest BCUT2D eigenvalue weighted by Crippen LogP contribution is -3.23. The highest BCUT2D eigenvalue weighted by molar-refractivity contribution is 7.90. The van der Waals surface area contributed by atoms with Crippen LogP contribution in [0.5, 0.6) is 0 Å². The third kappa shape index (κ3) is 4.45. The summed E-state index contributed by atoms with van der Waals surface area (Å²) in [7, 11) is -3.25. The van der Waals surface area contributed by atoms with E-state index >= 15 is 0 Å². The number of quaternary nitrogens is 1. The van der Waals surface area contributed by atoms with Gasteiger partial charge in [-0.05, 0) is 37.1 Å². The first-order valence-electron chi connectivity index (χ1n) is 9.42. The number of sulfone groups is 1. The first-order valence-corrected chi connectivity index (χ1v) is 11.3. The van der Waals surface area contributed by atoms with E-state index < -0.39 is 9.84 Å². The van der Waals surface area contributed by atoms with Crippen molar-refractivity contribution < 1.29 is 22.8 Å². The van der Waals surface area contributed by atoms with Crippen LogP contribution in [0.25, 0.3) is 0 Å². The maximum Gasteiger partial charge on any atom is 0.251 e. The topological polar surface area (TPSA) is 76.9 Å². The SMILES string of the molecule is CS(=O)(=O)c1ccc(C(=O)NCC2([NH+]3CCOCC3)CCCCC2)cc1. The molecule has 0 unspecified atom stereocenters. The molecule has 3 rings (SSSR count). The van der Waals surface area contributed by atoms with Crippen molar-refractivity contribution in [2.45, 2.75) is 42.5 Å². The Morgan fingerprint density at radius 3 is 2.31 bits per heavy atom. The lowest BCUT2D eigenvalue weighted by Gasteiger charge is -2.45. The maximum absolute atomic E-state index is 12.6. The Bertz CT molecular complexity index is 718. The Kier molecular flexibility index (Phi) is 5.99. The van der Waals surface area contributed by atoms with Gasteiger partial charge in [-0.25, -0.2) is 8.42 Å². The van der Waals surface area contributed by atoms with E-state index in [9.17, 15) is 13.2 Å². The molecule has 7 heteroatoms. The van der Waals surface area contributed by atoms with Crippen LogP contribution in [0.4, 0.5) is 0 Å². The van der Waals surface area contributed by atoms with Gasteiger partial charge in [0.25, 0.3) is 5.91 Å². The highest BCUT2D eigenvalue weighted by Crippen LogP contribution is 2.25. The van der Waals surface area contributed by atoms with Crippen molar-refractivity contribution in [3.63, 3.8) is 0 Å². The van der Waals surface area contributed by atoms with Crippen LogP contribution in [0.2, 0.25) is 0 Å². The van der Waals surface area contributed by atoms with Gasteiger partial charge in [-0.15, -0.1) is 0 Å². The third-order valence-corrected chi connectivity index (χ3v) is 6.92. The molecule has 1 aliphatic carbocycles. The van der Waals surface area contributed by atoms with Gasteiger partial charge < -0.3 is 15.0 Å². The van der Waals surface area contributed by atoms with Crippen LogP contribution in [0, 0.1) is 0 Å². The Morgan fingerprint density at radius 1 is 1.12 bits per heavy atom. The van der Waals surface area contributed by atoms with Gasteiger partial charge in [-0.3, -0.25) is 4.79 Å². The highest BCUT2D eigenvalue weighted by Gasteiger charge is 2.42. The summed E-state index contributed by atoms with van der Waals surface area (Å²) in [5.74, 6) is -0.136. The fraction of sp³-hybridized carbons (Fsp3) is 0.632. The molecule has 0 atom stereocenters. The minimum absolute atomic E-state index is 0.102. The number of hydrogen-bond donors (Lipinski definition) is 2. The number of amides is 1. The molecule has 144 valence electrons. The summed E-state index contributed by atoms with van der Waals surface area (Å²) in [6.07, 6.45) is 7.13. The monoisotopic (exact) mass is 381 g/mol. The molecule has 0 spiro atoms. The fourth-order valence-electron chi connectivity index (χ4n) is 4.24. The van der Waals surface area contributed by atoms with Crippen LogP contribution in [0.3, 0.4) is 0 Å². The first-order chi connectivity index (χ1) is 12.4. The van der Waals surface area contributed by atoms with Crippen molar-refractivity contribution in [3.8, 4) is 0 Å². The number of rotatable bonds is 5. The van der Waals surface area contributed by atoms with Crippen LogP contribution in [0.1, 0.15) is 42.5 Å². The number of carbonyl (C=O) groups is 1. The van der Waals surface area contributed by atoms with Crippen LogP contribution < -0.4 is 10.2 Å². The number of morpholine rings is 1. The van der Waals surface area contributed by atoms with Crippen LogP contribution in [-0.4, -0.2) is 59.0 Å². The molecule has 2 fully saturated rings. The first kappa shape index (κ1) is 19.3. The molecule has 1 amide bonds. The molecule has 1 aliphatic heterocycles. The molecule has 0 aromatic heterocycles. The van der Waals surface area contributed by atoms with Crippen LogP contribution in [-0.2, 0) is 14.6 Å². The largest absolute Gasteiger partial charge is 0.370 e. The lowest BCUT2D eigenvalue weighted by atomic mass is 9.79. The molecule has 1 heterocycles. The standard InChI is InChI=1S/C19H28N2O4S/c1-26(23,24)17-7-5-16(6-8-17)18(22)20-15-19(9-3-2-4-10-19)21-11-13-25-14-12-21/h5-8H,2-4,9-15H2,1H3,(H,20,22)/p+1. The summed E-state index contributed by atoms with van der Waals surface area (Å²) in [5, 5.41) is 3.11. The number of nitrogens with one attached hydrogen (secondary N) is 2. The van der Waals surface area contributed by atoms with Gasteiger partial charge in [0.15, 0.2) is 9.84 Å². The second kappa shape index (κ2) is 8.06. The van der Waals surface area contributed by atoms with E-state index in [4.69, 9.17) is 4.74 Å². The molecular weight excluding hydrogens is 352 g/mol. The van der Waals surface area contributed by atoms with E-state index in [1.54, 1.807) is 17.0 Å². The summed E-state index contributed by atoms with van der Waals surface area (Å²) < 4.78 is 28.6. The average Bonchev–Trinajstić information content (AvgIpc) is 2.67. The molecule has 2 aliphatic rings. The van der Waals surface area contributed by atoms with Crippen molar-refractivity contribution in [2.75, 3.05) is 39.1 Å². The third-order valence-electron chi connectivity index (χ3n) is 5.79. The van der Waals surface area contributed by atoms with Gasteiger partial charge in [-0.2, -0.15) is 0 Å². The van der Waals surface area contributed by atoms with E-state index in [0.717, 1.165) is 39.1 Å². The molecule has 1 aromatic carbocycles. The number of benzene rings is 1. The van der Waals surface area contributed by atoms with Crippen molar-refractivity contribution in [1.29, 1.82) is 0 Å². The van der Waals surface area contributed by atoms with Crippen LogP contribution in [0.15, 0.2) is 29.2 Å². The van der Waals surface area contributed by atoms with E-state index in [0.29, 0.717) is 12.1 Å². The highest BCUT2D eigenvalue weighted by atomic mass is 32.2. The van der Waals surface area contributed by atoms with Crippen molar-refractivity contribution >= 4 is 15.7 Å². The molecule has 0 bridgehead atoms. The average molecular weight is 382 g/mol. The molecule has 0 radical (unpaired) electrons. The predicted octanol–water partition coefficient (Wildman–Crippen LogP) is 0.438. The zero-order chi connectivity index (χ0) is 18.6. The van der Waals surface area contributed by atoms with E-state index in [2.05, 4.69) is 5.32 Å². The molecule has 2 N–H and O–H groups in total. The minimum Gasteiger partial charge on any atom is -0.370 e. The summed E-state index contributed by atoms with van der Waals surface area (Å²) in [6, 6.07) is 6.16. The summed E-state index contributed by atoms with van der Waals surface area (Å²) >= 11 is 0. The van der Waals surface area contributed by atoms with Gasteiger partial charge in [0.2, 0.25) is 0 Å². The van der Waals surface area contributed by atoms with Crippen LogP contribution >= 0.6 is 0 Å². The summed E-state index contributed by atoms with van der Waals surface area (Å²) in [4.78, 5) is 14.4. The van der Waals surface area contributed by atoms with E-state index in [1.165, 1.54) is 37.7 Å². The molecule has 1 saturated heterocycles. The lowest BCUT2D eigenvalue weighted by molar-refractivity contribution is -0.960. The van der Waals surface area contributed by atoms with Gasteiger partial charge in [-0.1, -0.05) is 6.42 Å². The van der Waals surface area contributed by atoms with Gasteiger partial charge in [0, 0.05) is 24.7 Å². The van der Waals surface area contributed by atoms with E-state index in [-0.39, 0.29) is 16.3 Å². The molecule has 6 nitrogen and oxygen atoms in total. The molecular formula is C19H29N2O4S+. The molecule has 1 aromatic rings. The van der Waals surface area contributed by atoms with E-state index in [1.807, 2.05) is 0 Å². The predicted molar refractivity (Wildman–Crippen MR) is 99.2 cm³/mol. The zero-order valence-corrected chi connectivity index (χ0v) is 16.2. The van der Waals surface area contributed by atoms with Crippen molar-refractivity contribution in [2.24, 2.45) is 0 Å².